The summed E-state index contributed by atoms with van der Waals surface area (Å²) < 4.78 is 56.4. The van der Waals surface area contributed by atoms with Crippen molar-refractivity contribution in [3.05, 3.63) is 239 Å². The number of rotatable bonds is 25. The van der Waals surface area contributed by atoms with Crippen molar-refractivity contribution in [1.82, 2.24) is 10.6 Å². The smallest absolute Gasteiger partial charge is 0.485 e. The number of nitrogens with one attached hydrogen (secondary N) is 2. The Hall–Kier alpha value is -7.54. The third-order valence-corrected chi connectivity index (χ3v) is 12.1. The lowest BCUT2D eigenvalue weighted by Crippen LogP contribution is -2.56. The van der Waals surface area contributed by atoms with Crippen LogP contribution < -0.4 is 19.9 Å². The van der Waals surface area contributed by atoms with Crippen molar-refractivity contribution in [2.75, 3.05) is 0 Å². The highest BCUT2D eigenvalue weighted by atomic mass is 31.2. The highest BCUT2D eigenvalue weighted by Crippen LogP contribution is 2.53. The Morgan fingerprint density at radius 1 is 0.471 bits per heavy atom. The highest BCUT2D eigenvalue weighted by Gasteiger charge is 2.34. The van der Waals surface area contributed by atoms with Crippen molar-refractivity contribution in [3.8, 4) is 11.5 Å². The summed E-state index contributed by atoms with van der Waals surface area (Å²) in [6, 6.07) is 57.7. The van der Waals surface area contributed by atoms with Crippen LogP contribution in [0, 0.1) is 0 Å². The van der Waals surface area contributed by atoms with E-state index in [4.69, 9.17) is 32.5 Å². The monoisotopic (exact) mass is 962 g/mol. The van der Waals surface area contributed by atoms with E-state index in [0.29, 0.717) is 5.56 Å². The van der Waals surface area contributed by atoms with Crippen LogP contribution in [0.25, 0.3) is 0 Å². The van der Waals surface area contributed by atoms with Crippen LogP contribution in [-0.4, -0.2) is 36.2 Å². The Bertz CT molecular complexity index is 2690. The maximum atomic E-state index is 14.6. The normalized spacial score (nSPS) is 12.4. The SMILES string of the molecule is C[C@@H](OCc1ccccc1)[C@H](NC(=O)OCc1ccccc1)C(=O)N[C@@H](Cc1ccc(OP(=O)(OCc2ccccc2)OCc2ccccc2)c(OCc2ccccc2)c1)C(=O)OCc1ccccc1. The fourth-order valence-corrected chi connectivity index (χ4v) is 8.16. The average molecular weight is 963 g/mol. The molecule has 0 aromatic heterocycles. The second-order valence-corrected chi connectivity index (χ2v) is 17.7. The van der Waals surface area contributed by atoms with Gasteiger partial charge < -0.3 is 34.1 Å². The molecule has 0 bridgehead atoms. The topological polar surface area (TPSA) is 157 Å². The Kier molecular flexibility index (Phi) is 18.9. The summed E-state index contributed by atoms with van der Waals surface area (Å²) in [7, 11) is -4.36. The first kappa shape index (κ1) is 50.3. The van der Waals surface area contributed by atoms with Gasteiger partial charge in [0, 0.05) is 6.42 Å². The van der Waals surface area contributed by atoms with Crippen LogP contribution in [0.5, 0.6) is 11.5 Å². The van der Waals surface area contributed by atoms with Gasteiger partial charge in [0.05, 0.1) is 25.9 Å². The average Bonchev–Trinajstić information content (AvgIpc) is 3.41. The number of carbonyl (C=O) groups excluding carboxylic acids is 3. The van der Waals surface area contributed by atoms with Crippen LogP contribution in [0.4, 0.5) is 4.79 Å². The lowest BCUT2D eigenvalue weighted by molar-refractivity contribution is -0.149. The van der Waals surface area contributed by atoms with E-state index < -0.39 is 44.0 Å². The van der Waals surface area contributed by atoms with Gasteiger partial charge in [-0.3, -0.25) is 13.8 Å². The van der Waals surface area contributed by atoms with E-state index in [2.05, 4.69) is 10.6 Å². The van der Waals surface area contributed by atoms with Gasteiger partial charge in [-0.2, -0.15) is 0 Å². The van der Waals surface area contributed by atoms with Gasteiger partial charge in [0.25, 0.3) is 0 Å². The zero-order valence-corrected chi connectivity index (χ0v) is 39.6. The predicted octanol–water partition coefficient (Wildman–Crippen LogP) is 10.9. The van der Waals surface area contributed by atoms with E-state index in [0.717, 1.165) is 33.4 Å². The van der Waals surface area contributed by atoms with Gasteiger partial charge in [-0.25, -0.2) is 14.2 Å². The number of benzene rings is 7. The summed E-state index contributed by atoms with van der Waals surface area (Å²) >= 11 is 0. The van der Waals surface area contributed by atoms with Gasteiger partial charge >= 0.3 is 19.9 Å². The van der Waals surface area contributed by atoms with Crippen LogP contribution in [-0.2, 0) is 83.5 Å². The molecule has 0 aliphatic heterocycles. The van der Waals surface area contributed by atoms with Crippen molar-refractivity contribution in [2.45, 2.75) is 71.2 Å². The van der Waals surface area contributed by atoms with Crippen LogP contribution >= 0.6 is 7.82 Å². The molecule has 3 atom stereocenters. The Balaban J connectivity index is 1.16. The molecule has 0 aliphatic rings. The molecule has 2 N–H and O–H groups in total. The Morgan fingerprint density at radius 3 is 1.39 bits per heavy atom. The second kappa shape index (κ2) is 26.3. The molecule has 7 aromatic carbocycles. The molecular formula is C56H55N2O11P. The van der Waals surface area contributed by atoms with Gasteiger partial charge in [-0.15, -0.1) is 0 Å². The fourth-order valence-electron chi connectivity index (χ4n) is 6.97. The summed E-state index contributed by atoms with van der Waals surface area (Å²) in [5.41, 5.74) is 5.16. The first-order valence-electron chi connectivity index (χ1n) is 22.8. The minimum Gasteiger partial charge on any atom is -0.485 e. The molecule has 360 valence electrons. The first-order valence-corrected chi connectivity index (χ1v) is 24.2. The van der Waals surface area contributed by atoms with Gasteiger partial charge in [-0.05, 0) is 58.0 Å². The van der Waals surface area contributed by atoms with Gasteiger partial charge in [0.15, 0.2) is 11.5 Å². The molecular weight excluding hydrogens is 908 g/mol. The van der Waals surface area contributed by atoms with Gasteiger partial charge in [0.2, 0.25) is 5.91 Å². The van der Waals surface area contributed by atoms with Crippen LogP contribution in [0.1, 0.15) is 45.9 Å². The molecule has 0 fully saturated rings. The van der Waals surface area contributed by atoms with Crippen molar-refractivity contribution >= 4 is 25.8 Å². The quantitative estimate of drug-likeness (QED) is 0.0415. The lowest BCUT2D eigenvalue weighted by atomic mass is 10.0. The third-order valence-electron chi connectivity index (χ3n) is 10.8. The molecule has 14 heteroatoms. The fraction of sp³-hybridized carbons (Fsp3) is 0.196. The third kappa shape index (κ3) is 16.3. The summed E-state index contributed by atoms with van der Waals surface area (Å²) in [5, 5.41) is 5.50. The second-order valence-electron chi connectivity index (χ2n) is 16.2. The summed E-state index contributed by atoms with van der Waals surface area (Å²) in [4.78, 5) is 42.0. The number of esters is 1. The molecule has 7 rings (SSSR count). The van der Waals surface area contributed by atoms with Crippen molar-refractivity contribution < 1.29 is 51.5 Å². The maximum Gasteiger partial charge on any atom is 0.530 e. The number of carbonyl (C=O) groups is 3. The number of phosphoric acid groups is 1. The zero-order valence-electron chi connectivity index (χ0n) is 38.7. The predicted molar refractivity (Wildman–Crippen MR) is 264 cm³/mol. The van der Waals surface area contributed by atoms with Crippen LogP contribution in [0.15, 0.2) is 200 Å². The van der Waals surface area contributed by atoms with E-state index >= 15 is 0 Å². The van der Waals surface area contributed by atoms with Crippen LogP contribution in [0.3, 0.4) is 0 Å². The van der Waals surface area contributed by atoms with Crippen molar-refractivity contribution in [3.63, 3.8) is 0 Å². The number of hydrogen-bond donors (Lipinski definition) is 2. The molecule has 2 amide bonds. The van der Waals surface area contributed by atoms with Crippen molar-refractivity contribution in [1.29, 1.82) is 0 Å². The maximum absolute atomic E-state index is 14.6. The number of hydrogen-bond acceptors (Lipinski definition) is 11. The molecule has 7 aromatic rings. The molecule has 13 nitrogen and oxygen atoms in total. The molecule has 0 saturated heterocycles. The lowest BCUT2D eigenvalue weighted by Gasteiger charge is -2.27. The van der Waals surface area contributed by atoms with E-state index in [9.17, 15) is 18.9 Å². The minimum atomic E-state index is -4.36. The molecule has 70 heavy (non-hydrogen) atoms. The molecule has 0 spiro atoms. The van der Waals surface area contributed by atoms with E-state index in [1.165, 1.54) is 0 Å². The zero-order chi connectivity index (χ0) is 48.8. The standard InChI is InChI=1S/C56H55N2O11P/c1-42(63-36-43-20-8-2-9-21-43)53(58-56(61)66-39-46-26-14-5-15-27-46)54(59)57-50(55(60)65-38-45-24-12-4-13-25-45)34-49-32-33-51(52(35-49)64-37-44-22-10-3-11-23-44)69-70(62,67-40-47-28-16-6-17-29-47)68-41-48-30-18-7-19-31-48/h2-33,35,42,50,53H,34,36-41H2,1H3,(H,57,59)(H,58,61)/t42-,50+,53+/m1/s1. The van der Waals surface area contributed by atoms with Crippen LogP contribution in [0.2, 0.25) is 0 Å². The molecule has 0 aliphatic carbocycles. The number of ether oxygens (including phenoxy) is 4. The number of alkyl carbamates (subject to hydrolysis) is 1. The van der Waals surface area contributed by atoms with E-state index in [1.807, 2.05) is 182 Å². The summed E-state index contributed by atoms with van der Waals surface area (Å²) in [6.45, 7) is 1.61. The number of phosphoric ester groups is 1. The summed E-state index contributed by atoms with van der Waals surface area (Å²) in [6.07, 6.45) is -1.88. The van der Waals surface area contributed by atoms with E-state index in [1.54, 1.807) is 25.1 Å². The van der Waals surface area contributed by atoms with Crippen molar-refractivity contribution in [2.24, 2.45) is 0 Å². The number of amides is 2. The van der Waals surface area contributed by atoms with Gasteiger partial charge in [0.1, 0.15) is 31.9 Å². The molecule has 0 heterocycles. The molecule has 0 saturated carbocycles. The van der Waals surface area contributed by atoms with E-state index in [-0.39, 0.29) is 57.6 Å². The highest BCUT2D eigenvalue weighted by molar-refractivity contribution is 7.48. The Labute approximate surface area is 408 Å². The Morgan fingerprint density at radius 2 is 0.900 bits per heavy atom. The summed E-state index contributed by atoms with van der Waals surface area (Å²) in [5.74, 6) is -1.29. The minimum absolute atomic E-state index is 0.0408. The largest absolute Gasteiger partial charge is 0.530 e. The van der Waals surface area contributed by atoms with Gasteiger partial charge in [-0.1, -0.05) is 188 Å². The first-order chi connectivity index (χ1) is 34.2. The molecule has 0 unspecified atom stereocenters. The molecule has 0 radical (unpaired) electrons.